The van der Waals surface area contributed by atoms with Gasteiger partial charge in [-0.25, -0.2) is 4.98 Å². The molecule has 0 radical (unpaired) electrons. The van der Waals surface area contributed by atoms with Crippen molar-refractivity contribution in [3.8, 4) is 11.5 Å². The van der Waals surface area contributed by atoms with E-state index in [1.54, 1.807) is 24.3 Å². The third kappa shape index (κ3) is 5.39. The smallest absolute Gasteiger partial charge is 0.258 e. The first kappa shape index (κ1) is 22.7. The number of ether oxygens (including phenoxy) is 2. The molecule has 0 saturated heterocycles. The number of benzene rings is 4. The lowest BCUT2D eigenvalue weighted by atomic mass is 10.1. The summed E-state index contributed by atoms with van der Waals surface area (Å²) in [5.41, 5.74) is 1.87. The second-order valence-electron chi connectivity index (χ2n) is 8.01. The molecule has 0 unspecified atom stereocenters. The fourth-order valence-corrected chi connectivity index (χ4v) is 4.11. The SMILES string of the molecule is O=C(COc1ccc(Cl)cc1)NCc1nc2ccccc2n1CCOc1cccc2ccccc12. The second-order valence-corrected chi connectivity index (χ2v) is 8.45. The number of nitrogens with one attached hydrogen (secondary N) is 1. The van der Waals surface area contributed by atoms with Gasteiger partial charge in [0.05, 0.1) is 24.1 Å². The largest absolute Gasteiger partial charge is 0.491 e. The van der Waals surface area contributed by atoms with Crippen LogP contribution >= 0.6 is 11.6 Å². The molecule has 7 heteroatoms. The zero-order valence-corrected chi connectivity index (χ0v) is 19.7. The van der Waals surface area contributed by atoms with Gasteiger partial charge in [0, 0.05) is 10.4 Å². The van der Waals surface area contributed by atoms with E-state index in [2.05, 4.69) is 28.1 Å². The molecule has 0 saturated carbocycles. The van der Waals surface area contributed by atoms with E-state index in [0.29, 0.717) is 23.9 Å². The Morgan fingerprint density at radius 3 is 2.54 bits per heavy atom. The number of carbonyl (C=O) groups is 1. The number of rotatable bonds is 9. The highest BCUT2D eigenvalue weighted by atomic mass is 35.5. The highest BCUT2D eigenvalue weighted by molar-refractivity contribution is 6.30. The molecule has 0 atom stereocenters. The zero-order chi connectivity index (χ0) is 24.0. The Kier molecular flexibility index (Phi) is 6.82. The zero-order valence-electron chi connectivity index (χ0n) is 19.0. The summed E-state index contributed by atoms with van der Waals surface area (Å²) in [4.78, 5) is 17.1. The summed E-state index contributed by atoms with van der Waals surface area (Å²) < 4.78 is 13.8. The summed E-state index contributed by atoms with van der Waals surface area (Å²) in [5.74, 6) is 1.96. The van der Waals surface area contributed by atoms with E-state index in [1.807, 2.05) is 48.5 Å². The van der Waals surface area contributed by atoms with Crippen molar-refractivity contribution in [2.45, 2.75) is 13.1 Å². The van der Waals surface area contributed by atoms with Crippen LogP contribution in [0.1, 0.15) is 5.82 Å². The van der Waals surface area contributed by atoms with E-state index < -0.39 is 0 Å². The summed E-state index contributed by atoms with van der Waals surface area (Å²) in [6, 6.07) is 29.0. The summed E-state index contributed by atoms with van der Waals surface area (Å²) in [6.07, 6.45) is 0. The van der Waals surface area contributed by atoms with Gasteiger partial charge in [-0.2, -0.15) is 0 Å². The first-order chi connectivity index (χ1) is 17.2. The Hall–Kier alpha value is -4.03. The van der Waals surface area contributed by atoms with Gasteiger partial charge in [-0.05, 0) is 47.9 Å². The number of nitrogens with zero attached hydrogens (tertiary/aromatic N) is 2. The predicted octanol–water partition coefficient (Wildman–Crippen LogP) is 5.62. The fourth-order valence-electron chi connectivity index (χ4n) is 3.99. The van der Waals surface area contributed by atoms with Crippen LogP contribution in [-0.4, -0.2) is 28.7 Å². The normalized spacial score (nSPS) is 11.0. The maximum absolute atomic E-state index is 12.4. The van der Waals surface area contributed by atoms with E-state index in [1.165, 1.54) is 0 Å². The molecule has 0 bridgehead atoms. The van der Waals surface area contributed by atoms with Crippen LogP contribution in [0.25, 0.3) is 21.8 Å². The number of fused-ring (bicyclic) bond motifs is 2. The first-order valence-corrected chi connectivity index (χ1v) is 11.7. The molecule has 4 aromatic carbocycles. The van der Waals surface area contributed by atoms with Crippen LogP contribution in [0.4, 0.5) is 0 Å². The quantitative estimate of drug-likeness (QED) is 0.294. The van der Waals surface area contributed by atoms with Crippen molar-refractivity contribution < 1.29 is 14.3 Å². The topological polar surface area (TPSA) is 65.4 Å². The molecule has 0 fully saturated rings. The van der Waals surface area contributed by atoms with Gasteiger partial charge in [0.15, 0.2) is 6.61 Å². The molecule has 1 heterocycles. The van der Waals surface area contributed by atoms with Crippen LogP contribution in [0, 0.1) is 0 Å². The van der Waals surface area contributed by atoms with Crippen molar-refractivity contribution in [2.75, 3.05) is 13.2 Å². The molecule has 1 N–H and O–H groups in total. The molecule has 0 spiro atoms. The summed E-state index contributed by atoms with van der Waals surface area (Å²) in [7, 11) is 0. The van der Waals surface area contributed by atoms with E-state index in [9.17, 15) is 4.79 Å². The van der Waals surface area contributed by atoms with Crippen molar-refractivity contribution >= 4 is 39.3 Å². The highest BCUT2D eigenvalue weighted by Crippen LogP contribution is 2.25. The van der Waals surface area contributed by atoms with Crippen LogP contribution in [0.5, 0.6) is 11.5 Å². The Morgan fingerprint density at radius 2 is 1.66 bits per heavy atom. The first-order valence-electron chi connectivity index (χ1n) is 11.4. The number of halogens is 1. The molecular formula is C28H24ClN3O3. The van der Waals surface area contributed by atoms with E-state index >= 15 is 0 Å². The van der Waals surface area contributed by atoms with Gasteiger partial charge < -0.3 is 19.4 Å². The Morgan fingerprint density at radius 1 is 0.886 bits per heavy atom. The van der Waals surface area contributed by atoms with Crippen molar-refractivity contribution in [1.29, 1.82) is 0 Å². The van der Waals surface area contributed by atoms with Crippen LogP contribution in [-0.2, 0) is 17.9 Å². The van der Waals surface area contributed by atoms with Crippen molar-refractivity contribution in [3.05, 3.63) is 102 Å². The minimum absolute atomic E-state index is 0.0912. The maximum Gasteiger partial charge on any atom is 0.258 e. The molecular weight excluding hydrogens is 462 g/mol. The number of carbonyl (C=O) groups excluding carboxylic acids is 1. The summed E-state index contributed by atoms with van der Waals surface area (Å²) in [6.45, 7) is 1.25. The third-order valence-corrected chi connectivity index (χ3v) is 5.93. The molecule has 176 valence electrons. The van der Waals surface area contributed by atoms with Crippen LogP contribution < -0.4 is 14.8 Å². The summed E-state index contributed by atoms with van der Waals surface area (Å²) in [5, 5.41) is 5.74. The molecule has 0 aliphatic carbocycles. The van der Waals surface area contributed by atoms with E-state index in [4.69, 9.17) is 26.1 Å². The predicted molar refractivity (Wildman–Crippen MR) is 138 cm³/mol. The maximum atomic E-state index is 12.4. The van der Waals surface area contributed by atoms with Gasteiger partial charge in [-0.15, -0.1) is 0 Å². The van der Waals surface area contributed by atoms with Gasteiger partial charge >= 0.3 is 0 Å². The average molecular weight is 486 g/mol. The molecule has 5 aromatic rings. The molecule has 5 rings (SSSR count). The molecule has 0 aliphatic heterocycles. The molecule has 0 aliphatic rings. The van der Waals surface area contributed by atoms with Gasteiger partial charge in [-0.3, -0.25) is 4.79 Å². The van der Waals surface area contributed by atoms with Gasteiger partial charge in [0.25, 0.3) is 5.91 Å². The van der Waals surface area contributed by atoms with Crippen molar-refractivity contribution in [1.82, 2.24) is 14.9 Å². The number of hydrogen-bond acceptors (Lipinski definition) is 4. The lowest BCUT2D eigenvalue weighted by Gasteiger charge is -2.13. The van der Waals surface area contributed by atoms with E-state index in [-0.39, 0.29) is 19.1 Å². The number of imidazole rings is 1. The third-order valence-electron chi connectivity index (χ3n) is 5.68. The minimum atomic E-state index is -0.231. The minimum Gasteiger partial charge on any atom is -0.491 e. The van der Waals surface area contributed by atoms with Crippen LogP contribution in [0.15, 0.2) is 91.0 Å². The summed E-state index contributed by atoms with van der Waals surface area (Å²) >= 11 is 5.88. The number of amides is 1. The Balaban J connectivity index is 1.24. The van der Waals surface area contributed by atoms with Crippen LogP contribution in [0.2, 0.25) is 5.02 Å². The fraction of sp³-hybridized carbons (Fsp3) is 0.143. The molecule has 35 heavy (non-hydrogen) atoms. The lowest BCUT2D eigenvalue weighted by Crippen LogP contribution is -2.29. The Bertz CT molecular complexity index is 1460. The lowest BCUT2D eigenvalue weighted by molar-refractivity contribution is -0.123. The van der Waals surface area contributed by atoms with Crippen molar-refractivity contribution in [3.63, 3.8) is 0 Å². The highest BCUT2D eigenvalue weighted by Gasteiger charge is 2.12. The molecule has 1 amide bonds. The van der Waals surface area contributed by atoms with Gasteiger partial charge in [0.2, 0.25) is 0 Å². The number of aromatic nitrogens is 2. The van der Waals surface area contributed by atoms with Crippen LogP contribution in [0.3, 0.4) is 0 Å². The van der Waals surface area contributed by atoms with Gasteiger partial charge in [-0.1, -0.05) is 60.1 Å². The standard InChI is InChI=1S/C28H24ClN3O3/c29-21-12-14-22(15-13-21)35-19-28(33)30-18-27-31-24-9-3-4-10-25(24)32(27)16-17-34-26-11-5-7-20-6-1-2-8-23(20)26/h1-15H,16-19H2,(H,30,33). The average Bonchev–Trinajstić information content (AvgIpc) is 3.25. The molecule has 6 nitrogen and oxygen atoms in total. The van der Waals surface area contributed by atoms with E-state index in [0.717, 1.165) is 33.4 Å². The Labute approximate surface area is 208 Å². The van der Waals surface area contributed by atoms with Gasteiger partial charge in [0.1, 0.15) is 23.9 Å². The number of hydrogen-bond donors (Lipinski definition) is 1. The second kappa shape index (κ2) is 10.5. The molecule has 1 aromatic heterocycles. The van der Waals surface area contributed by atoms with Crippen molar-refractivity contribution in [2.24, 2.45) is 0 Å². The number of para-hydroxylation sites is 2. The monoisotopic (exact) mass is 485 g/mol.